The lowest BCUT2D eigenvalue weighted by Gasteiger charge is -2.06. The van der Waals surface area contributed by atoms with Gasteiger partial charge in [-0.3, -0.25) is 9.78 Å². The van der Waals surface area contributed by atoms with E-state index < -0.39 is 0 Å². The minimum atomic E-state index is -0.305. The van der Waals surface area contributed by atoms with Crippen LogP contribution in [-0.2, 0) is 6.54 Å². The minimum absolute atomic E-state index is 0.213. The first-order valence-electron chi connectivity index (χ1n) is 5.60. The highest BCUT2D eigenvalue weighted by Crippen LogP contribution is 2.09. The van der Waals surface area contributed by atoms with Crippen LogP contribution in [-0.4, -0.2) is 10.9 Å². The molecule has 0 spiro atoms. The fourth-order valence-electron chi connectivity index (χ4n) is 1.57. The Morgan fingerprint density at radius 2 is 2.00 bits per heavy atom. The van der Waals surface area contributed by atoms with Gasteiger partial charge in [-0.15, -0.1) is 0 Å². The molecule has 1 aromatic carbocycles. The molecule has 0 aliphatic heterocycles. The molecule has 1 N–H and O–H groups in total. The van der Waals surface area contributed by atoms with Crippen LogP contribution in [0.15, 0.2) is 42.7 Å². The highest BCUT2D eigenvalue weighted by Gasteiger charge is 2.07. The van der Waals surface area contributed by atoms with E-state index in [1.165, 1.54) is 18.2 Å². The number of nitrogens with zero attached hydrogens (tertiary/aromatic N) is 1. The number of aryl methyl sites for hydroxylation is 1. The van der Waals surface area contributed by atoms with Crippen LogP contribution in [0.4, 0.5) is 4.39 Å². The zero-order valence-corrected chi connectivity index (χ0v) is 9.98. The van der Waals surface area contributed by atoms with Crippen LogP contribution in [0.3, 0.4) is 0 Å². The Balaban J connectivity index is 2.02. The van der Waals surface area contributed by atoms with Crippen LogP contribution in [0.2, 0.25) is 0 Å². The first-order chi connectivity index (χ1) is 8.66. The van der Waals surface area contributed by atoms with Crippen molar-refractivity contribution in [3.8, 4) is 0 Å². The molecule has 0 saturated heterocycles. The summed E-state index contributed by atoms with van der Waals surface area (Å²) in [6.45, 7) is 2.06. The van der Waals surface area contributed by atoms with E-state index in [1.807, 2.05) is 12.1 Å². The second-order valence-electron chi connectivity index (χ2n) is 4.00. The average molecular weight is 244 g/mol. The standard InChI is InChI=1S/C14H13FN2O/c1-10-8-12(2-3-13(10)15)14(18)17-9-11-4-6-16-7-5-11/h2-8H,9H2,1H3,(H,17,18). The molecule has 2 aromatic rings. The Morgan fingerprint density at radius 3 is 2.67 bits per heavy atom. The van der Waals surface area contributed by atoms with Crippen molar-refractivity contribution in [2.24, 2.45) is 0 Å². The van der Waals surface area contributed by atoms with E-state index >= 15 is 0 Å². The third kappa shape index (κ3) is 2.91. The normalized spacial score (nSPS) is 10.1. The lowest BCUT2D eigenvalue weighted by Crippen LogP contribution is -2.22. The van der Waals surface area contributed by atoms with E-state index in [-0.39, 0.29) is 11.7 Å². The zero-order chi connectivity index (χ0) is 13.0. The summed E-state index contributed by atoms with van der Waals surface area (Å²) in [4.78, 5) is 15.7. The molecule has 0 radical (unpaired) electrons. The van der Waals surface area contributed by atoms with Gasteiger partial charge in [0.25, 0.3) is 5.91 Å². The van der Waals surface area contributed by atoms with Gasteiger partial charge in [0.2, 0.25) is 0 Å². The van der Waals surface area contributed by atoms with Gasteiger partial charge in [-0.1, -0.05) is 0 Å². The number of carbonyl (C=O) groups excluding carboxylic acids is 1. The van der Waals surface area contributed by atoms with Gasteiger partial charge >= 0.3 is 0 Å². The summed E-state index contributed by atoms with van der Waals surface area (Å²) in [7, 11) is 0. The number of halogens is 1. The Hall–Kier alpha value is -2.23. The van der Waals surface area contributed by atoms with E-state index in [2.05, 4.69) is 10.3 Å². The van der Waals surface area contributed by atoms with Crippen molar-refractivity contribution >= 4 is 5.91 Å². The molecule has 1 aromatic heterocycles. The molecule has 2 rings (SSSR count). The van der Waals surface area contributed by atoms with Gasteiger partial charge in [-0.2, -0.15) is 0 Å². The van der Waals surface area contributed by atoms with Gasteiger partial charge < -0.3 is 5.32 Å². The summed E-state index contributed by atoms with van der Waals surface area (Å²) in [6, 6.07) is 7.98. The van der Waals surface area contributed by atoms with E-state index in [1.54, 1.807) is 19.3 Å². The van der Waals surface area contributed by atoms with Crippen LogP contribution < -0.4 is 5.32 Å². The maximum atomic E-state index is 13.1. The molecule has 0 saturated carbocycles. The molecule has 0 unspecified atom stereocenters. The van der Waals surface area contributed by atoms with E-state index in [4.69, 9.17) is 0 Å². The first kappa shape index (κ1) is 12.2. The van der Waals surface area contributed by atoms with Gasteiger partial charge in [-0.05, 0) is 48.4 Å². The highest BCUT2D eigenvalue weighted by atomic mass is 19.1. The van der Waals surface area contributed by atoms with Gasteiger partial charge in [0.15, 0.2) is 0 Å². The molecule has 18 heavy (non-hydrogen) atoms. The molecule has 4 heteroatoms. The van der Waals surface area contributed by atoms with Crippen LogP contribution in [0.5, 0.6) is 0 Å². The predicted octanol–water partition coefficient (Wildman–Crippen LogP) is 2.46. The highest BCUT2D eigenvalue weighted by molar-refractivity contribution is 5.94. The van der Waals surface area contributed by atoms with Crippen LogP contribution in [0.25, 0.3) is 0 Å². The number of pyridine rings is 1. The number of hydrogen-bond acceptors (Lipinski definition) is 2. The Morgan fingerprint density at radius 1 is 1.28 bits per heavy atom. The maximum Gasteiger partial charge on any atom is 0.251 e. The molecule has 3 nitrogen and oxygen atoms in total. The summed E-state index contributed by atoms with van der Waals surface area (Å²) in [6.07, 6.45) is 3.34. The van der Waals surface area contributed by atoms with E-state index in [0.29, 0.717) is 17.7 Å². The topological polar surface area (TPSA) is 42.0 Å². The molecule has 0 aliphatic carbocycles. The summed E-state index contributed by atoms with van der Waals surface area (Å²) in [5, 5.41) is 2.77. The summed E-state index contributed by atoms with van der Waals surface area (Å²) >= 11 is 0. The van der Waals surface area contributed by atoms with Crippen molar-refractivity contribution in [1.82, 2.24) is 10.3 Å². The van der Waals surface area contributed by atoms with Crippen molar-refractivity contribution in [3.05, 3.63) is 65.2 Å². The average Bonchev–Trinajstić information content (AvgIpc) is 2.40. The van der Waals surface area contributed by atoms with Crippen LogP contribution >= 0.6 is 0 Å². The quantitative estimate of drug-likeness (QED) is 0.901. The van der Waals surface area contributed by atoms with Crippen molar-refractivity contribution < 1.29 is 9.18 Å². The van der Waals surface area contributed by atoms with Crippen LogP contribution in [0.1, 0.15) is 21.5 Å². The monoisotopic (exact) mass is 244 g/mol. The molecule has 92 valence electrons. The number of amides is 1. The Labute approximate surface area is 105 Å². The number of aromatic nitrogens is 1. The molecule has 0 bridgehead atoms. The number of hydrogen-bond donors (Lipinski definition) is 1. The van der Waals surface area contributed by atoms with Crippen molar-refractivity contribution in [2.75, 3.05) is 0 Å². The molecular weight excluding hydrogens is 231 g/mol. The van der Waals surface area contributed by atoms with E-state index in [0.717, 1.165) is 5.56 Å². The number of rotatable bonds is 3. The lowest BCUT2D eigenvalue weighted by molar-refractivity contribution is 0.0951. The minimum Gasteiger partial charge on any atom is -0.348 e. The first-order valence-corrected chi connectivity index (χ1v) is 5.60. The second kappa shape index (κ2) is 5.40. The molecular formula is C14H13FN2O. The van der Waals surface area contributed by atoms with Crippen molar-refractivity contribution in [3.63, 3.8) is 0 Å². The summed E-state index contributed by atoms with van der Waals surface area (Å²) in [5.41, 5.74) is 1.90. The molecule has 0 atom stereocenters. The summed E-state index contributed by atoms with van der Waals surface area (Å²) in [5.74, 6) is -0.518. The van der Waals surface area contributed by atoms with Gasteiger partial charge in [-0.25, -0.2) is 4.39 Å². The summed E-state index contributed by atoms with van der Waals surface area (Å²) < 4.78 is 13.1. The largest absolute Gasteiger partial charge is 0.348 e. The van der Waals surface area contributed by atoms with Crippen molar-refractivity contribution in [1.29, 1.82) is 0 Å². The molecule has 1 amide bonds. The van der Waals surface area contributed by atoms with Crippen LogP contribution in [0, 0.1) is 12.7 Å². The Kier molecular flexibility index (Phi) is 3.67. The SMILES string of the molecule is Cc1cc(C(=O)NCc2ccncc2)ccc1F. The zero-order valence-electron chi connectivity index (χ0n) is 9.98. The third-order valence-corrected chi connectivity index (χ3v) is 2.62. The smallest absolute Gasteiger partial charge is 0.251 e. The Bertz CT molecular complexity index is 555. The predicted molar refractivity (Wildman–Crippen MR) is 66.5 cm³/mol. The maximum absolute atomic E-state index is 13.1. The molecule has 0 fully saturated rings. The lowest BCUT2D eigenvalue weighted by atomic mass is 10.1. The second-order valence-corrected chi connectivity index (χ2v) is 4.00. The molecule has 1 heterocycles. The van der Waals surface area contributed by atoms with Gasteiger partial charge in [0, 0.05) is 24.5 Å². The van der Waals surface area contributed by atoms with Crippen molar-refractivity contribution in [2.45, 2.75) is 13.5 Å². The number of carbonyl (C=O) groups is 1. The van der Waals surface area contributed by atoms with E-state index in [9.17, 15) is 9.18 Å². The number of nitrogens with one attached hydrogen (secondary N) is 1. The van der Waals surface area contributed by atoms with Gasteiger partial charge in [0.05, 0.1) is 0 Å². The molecule has 0 aliphatic rings. The van der Waals surface area contributed by atoms with Gasteiger partial charge in [0.1, 0.15) is 5.82 Å². The number of benzene rings is 1. The third-order valence-electron chi connectivity index (χ3n) is 2.62. The fraction of sp³-hybridized carbons (Fsp3) is 0.143. The fourth-order valence-corrected chi connectivity index (χ4v) is 1.57.